The van der Waals surface area contributed by atoms with Gasteiger partial charge in [0.25, 0.3) is 0 Å². The number of carbonyl (C=O) groups excluding carboxylic acids is 1. The molecule has 2 heterocycles. The summed E-state index contributed by atoms with van der Waals surface area (Å²) < 4.78 is 8.97. The zero-order valence-corrected chi connectivity index (χ0v) is 12.2. The molecule has 0 unspecified atom stereocenters. The summed E-state index contributed by atoms with van der Waals surface area (Å²) in [4.78, 5) is 11.5. The van der Waals surface area contributed by atoms with Gasteiger partial charge in [-0.3, -0.25) is 4.79 Å². The average Bonchev–Trinajstić information content (AvgIpc) is 2.98. The average molecular weight is 330 g/mol. The monoisotopic (exact) mass is 329 g/mol. The van der Waals surface area contributed by atoms with Crippen molar-refractivity contribution in [3.63, 3.8) is 0 Å². The van der Waals surface area contributed by atoms with Crippen LogP contribution in [0.5, 0.6) is 0 Å². The molecule has 0 saturated heterocycles. The lowest BCUT2D eigenvalue weighted by Crippen LogP contribution is -3.00. The molecular weight excluding hydrogens is 314 g/mol. The molecule has 0 amide bonds. The standard InChI is InChI=1S/C11H16N5O2.BrH/c1-15-5-6-16(9-15)4-2-11(17)18-7-3-10-8-12-14-13-10;/h5-6,8-9H,2-4,7H2,1H3,(H,12,13,14);1H/q+1;/p-1. The highest BCUT2D eigenvalue weighted by molar-refractivity contribution is 5.69. The van der Waals surface area contributed by atoms with Gasteiger partial charge in [-0.25, -0.2) is 9.13 Å². The fourth-order valence-electron chi connectivity index (χ4n) is 1.54. The van der Waals surface area contributed by atoms with Gasteiger partial charge in [0.05, 0.1) is 32.0 Å². The number of hydrogen-bond donors (Lipinski definition) is 1. The number of imidazole rings is 1. The first kappa shape index (κ1) is 15.4. The maximum absolute atomic E-state index is 11.5. The molecule has 1 N–H and O–H groups in total. The number of rotatable bonds is 6. The van der Waals surface area contributed by atoms with E-state index in [4.69, 9.17) is 4.74 Å². The summed E-state index contributed by atoms with van der Waals surface area (Å²) in [6.07, 6.45) is 8.34. The molecule has 19 heavy (non-hydrogen) atoms. The van der Waals surface area contributed by atoms with E-state index in [-0.39, 0.29) is 23.0 Å². The summed E-state index contributed by atoms with van der Waals surface area (Å²) in [5.41, 5.74) is 0.792. The third-order valence-corrected chi connectivity index (χ3v) is 2.48. The Labute approximate surface area is 121 Å². The SMILES string of the molecule is C[n+]1ccn(CCC(=O)OCCc2cn[nH]n2)c1.[Br-]. The van der Waals surface area contributed by atoms with E-state index in [0.717, 1.165) is 5.69 Å². The van der Waals surface area contributed by atoms with Gasteiger partial charge in [0.1, 0.15) is 18.9 Å². The van der Waals surface area contributed by atoms with Gasteiger partial charge in [-0.05, 0) is 0 Å². The Balaban J connectivity index is 0.00000180. The van der Waals surface area contributed by atoms with Gasteiger partial charge < -0.3 is 21.7 Å². The van der Waals surface area contributed by atoms with E-state index in [9.17, 15) is 4.79 Å². The largest absolute Gasteiger partial charge is 1.00 e. The number of esters is 1. The first-order chi connectivity index (χ1) is 8.74. The molecule has 8 heteroatoms. The Morgan fingerprint density at radius 2 is 2.42 bits per heavy atom. The quantitative estimate of drug-likeness (QED) is 0.443. The van der Waals surface area contributed by atoms with Gasteiger partial charge >= 0.3 is 5.97 Å². The summed E-state index contributed by atoms with van der Waals surface area (Å²) >= 11 is 0. The number of nitrogens with zero attached hydrogens (tertiary/aromatic N) is 4. The lowest BCUT2D eigenvalue weighted by molar-refractivity contribution is -0.671. The molecule has 0 saturated carbocycles. The maximum atomic E-state index is 11.5. The van der Waals surface area contributed by atoms with Crippen molar-refractivity contribution in [1.82, 2.24) is 20.0 Å². The smallest absolute Gasteiger partial charge is 0.309 e. The second kappa shape index (κ2) is 7.67. The second-order valence-corrected chi connectivity index (χ2v) is 4.00. The van der Waals surface area contributed by atoms with Crippen LogP contribution in [-0.2, 0) is 29.5 Å². The first-order valence-electron chi connectivity index (χ1n) is 5.75. The highest BCUT2D eigenvalue weighted by Gasteiger charge is 2.07. The molecule has 0 aliphatic carbocycles. The van der Waals surface area contributed by atoms with E-state index < -0.39 is 0 Å². The Bertz CT molecular complexity index is 497. The van der Waals surface area contributed by atoms with Crippen molar-refractivity contribution >= 4 is 5.97 Å². The Kier molecular flexibility index (Phi) is 6.20. The third kappa shape index (κ3) is 5.21. The van der Waals surface area contributed by atoms with Crippen molar-refractivity contribution in [2.45, 2.75) is 19.4 Å². The van der Waals surface area contributed by atoms with Gasteiger partial charge in [0, 0.05) is 6.42 Å². The minimum absolute atomic E-state index is 0. The third-order valence-electron chi connectivity index (χ3n) is 2.48. The summed E-state index contributed by atoms with van der Waals surface area (Å²) in [5, 5.41) is 10.1. The summed E-state index contributed by atoms with van der Waals surface area (Å²) in [6, 6.07) is 0. The normalized spacial score (nSPS) is 9.95. The molecule has 2 aromatic heterocycles. The van der Waals surface area contributed by atoms with Crippen molar-refractivity contribution in [2.75, 3.05) is 6.61 Å². The number of nitrogens with one attached hydrogen (secondary N) is 1. The molecule has 104 valence electrons. The molecule has 0 atom stereocenters. The van der Waals surface area contributed by atoms with Crippen molar-refractivity contribution in [3.8, 4) is 0 Å². The summed E-state index contributed by atoms with van der Waals surface area (Å²) in [6.45, 7) is 0.967. The molecular formula is C11H16BrN5O2. The van der Waals surface area contributed by atoms with E-state index in [0.29, 0.717) is 26.0 Å². The minimum Gasteiger partial charge on any atom is -1.00 e. The van der Waals surface area contributed by atoms with Crippen LogP contribution in [0, 0.1) is 0 Å². The van der Waals surface area contributed by atoms with Crippen LogP contribution >= 0.6 is 0 Å². The van der Waals surface area contributed by atoms with Crippen LogP contribution in [0.4, 0.5) is 0 Å². The van der Waals surface area contributed by atoms with Gasteiger partial charge in [-0.2, -0.15) is 15.4 Å². The predicted octanol–water partition coefficient (Wildman–Crippen LogP) is -3.39. The van der Waals surface area contributed by atoms with Crippen LogP contribution in [0.25, 0.3) is 0 Å². The second-order valence-electron chi connectivity index (χ2n) is 4.00. The van der Waals surface area contributed by atoms with E-state index >= 15 is 0 Å². The molecule has 0 aromatic carbocycles. The number of aryl methyl sites for hydroxylation is 2. The number of hydrogen-bond acceptors (Lipinski definition) is 4. The van der Waals surface area contributed by atoms with Crippen LogP contribution in [0.15, 0.2) is 24.9 Å². The van der Waals surface area contributed by atoms with Gasteiger partial charge in [-0.15, -0.1) is 0 Å². The van der Waals surface area contributed by atoms with Crippen LogP contribution in [-0.4, -0.2) is 32.6 Å². The first-order valence-corrected chi connectivity index (χ1v) is 5.75. The maximum Gasteiger partial charge on any atom is 0.309 e. The van der Waals surface area contributed by atoms with Crippen LogP contribution in [0.2, 0.25) is 0 Å². The van der Waals surface area contributed by atoms with Gasteiger partial charge in [0.15, 0.2) is 0 Å². The highest BCUT2D eigenvalue weighted by atomic mass is 79.9. The topological polar surface area (TPSA) is 76.7 Å². The van der Waals surface area contributed by atoms with Gasteiger partial charge in [-0.1, -0.05) is 0 Å². The molecule has 0 fully saturated rings. The Hall–Kier alpha value is -1.70. The van der Waals surface area contributed by atoms with Crippen molar-refractivity contribution in [1.29, 1.82) is 0 Å². The zero-order valence-electron chi connectivity index (χ0n) is 10.6. The minimum atomic E-state index is -0.199. The molecule has 2 aromatic rings. The fraction of sp³-hybridized carbons (Fsp3) is 0.455. The van der Waals surface area contributed by atoms with Crippen molar-refractivity contribution < 1.29 is 31.1 Å². The van der Waals surface area contributed by atoms with E-state index in [1.54, 1.807) is 6.20 Å². The van der Waals surface area contributed by atoms with Crippen LogP contribution in [0.3, 0.4) is 0 Å². The summed E-state index contributed by atoms with van der Waals surface area (Å²) in [7, 11) is 1.94. The van der Waals surface area contributed by atoms with E-state index in [1.807, 2.05) is 34.9 Å². The number of halogens is 1. The molecule has 0 aliphatic rings. The lowest BCUT2D eigenvalue weighted by Gasteiger charge is -2.01. The molecule has 7 nitrogen and oxygen atoms in total. The number of H-pyrrole nitrogens is 1. The van der Waals surface area contributed by atoms with Crippen LogP contribution < -0.4 is 21.5 Å². The lowest BCUT2D eigenvalue weighted by atomic mass is 10.3. The molecule has 0 radical (unpaired) electrons. The van der Waals surface area contributed by atoms with E-state index in [2.05, 4.69) is 15.4 Å². The predicted molar refractivity (Wildman–Crippen MR) is 61.3 cm³/mol. The fourth-order valence-corrected chi connectivity index (χ4v) is 1.54. The van der Waals surface area contributed by atoms with Crippen LogP contribution in [0.1, 0.15) is 12.1 Å². The molecule has 0 aliphatic heterocycles. The molecule has 0 bridgehead atoms. The molecule has 0 spiro atoms. The number of carbonyl (C=O) groups is 1. The number of aromatic amines is 1. The zero-order chi connectivity index (χ0) is 12.8. The Morgan fingerprint density at radius 3 is 3.05 bits per heavy atom. The van der Waals surface area contributed by atoms with Gasteiger partial charge in [0.2, 0.25) is 6.33 Å². The highest BCUT2D eigenvalue weighted by Crippen LogP contribution is 1.95. The number of ether oxygens (including phenoxy) is 1. The van der Waals surface area contributed by atoms with E-state index in [1.165, 1.54) is 0 Å². The molecule has 2 rings (SSSR count). The van der Waals surface area contributed by atoms with Crippen molar-refractivity contribution in [2.24, 2.45) is 7.05 Å². The summed E-state index contributed by atoms with van der Waals surface area (Å²) in [5.74, 6) is -0.199. The number of aromatic nitrogens is 5. The van der Waals surface area contributed by atoms with Crippen molar-refractivity contribution in [3.05, 3.63) is 30.6 Å². The Morgan fingerprint density at radius 1 is 1.58 bits per heavy atom.